The van der Waals surface area contributed by atoms with Crippen LogP contribution in [0.4, 0.5) is 0 Å². The van der Waals surface area contributed by atoms with E-state index in [0.29, 0.717) is 0 Å². The molecule has 244 valence electrons. The molecule has 3 aromatic carbocycles. The topological polar surface area (TPSA) is 42.7 Å². The average molecular weight is 657 g/mol. The third-order valence-corrected chi connectivity index (χ3v) is 10.8. The summed E-state index contributed by atoms with van der Waals surface area (Å²) in [5.41, 5.74) is 13.8. The highest BCUT2D eigenvalue weighted by molar-refractivity contribution is 6.08. The molecule has 3 aromatic heterocycles. The number of hydrogen-bond donors (Lipinski definition) is 1. The number of nitrogens with one attached hydrogen (secondary N) is 1. The molecule has 1 aliphatic heterocycles. The number of allylic oxidation sites excluding steroid dienone is 13. The van der Waals surface area contributed by atoms with Gasteiger partial charge in [0, 0.05) is 46.3 Å². The highest BCUT2D eigenvalue weighted by Crippen LogP contribution is 2.51. The van der Waals surface area contributed by atoms with Gasteiger partial charge in [-0.15, -0.1) is 0 Å². The fourth-order valence-corrected chi connectivity index (χ4v) is 8.57. The Labute approximate surface area is 297 Å². The SMILES string of the molecule is C1=CCCC(C2=C3C=CC=CC3C(C3=CC=CC(c4cccc(-c5cccc(-n6c7ccccc7c7cnccc76)n5)c4)N3)c3ccccc32)=C1. The minimum absolute atomic E-state index is 0.0354. The Bertz CT molecular complexity index is 2530. The van der Waals surface area contributed by atoms with Crippen molar-refractivity contribution in [1.29, 1.82) is 0 Å². The van der Waals surface area contributed by atoms with Crippen LogP contribution in [-0.2, 0) is 0 Å². The molecular weight excluding hydrogens is 621 g/mol. The third-order valence-electron chi connectivity index (χ3n) is 10.8. The number of dihydropyridines is 1. The van der Waals surface area contributed by atoms with Gasteiger partial charge in [0.1, 0.15) is 5.82 Å². The summed E-state index contributed by atoms with van der Waals surface area (Å²) in [6, 6.07) is 34.8. The molecule has 0 radical (unpaired) electrons. The van der Waals surface area contributed by atoms with Crippen LogP contribution in [0.1, 0.15) is 41.5 Å². The Balaban J connectivity index is 0.992. The fraction of sp³-hybridized carbons (Fsp3) is 0.106. The summed E-state index contributed by atoms with van der Waals surface area (Å²) in [6.07, 6.45) is 28.7. The van der Waals surface area contributed by atoms with Gasteiger partial charge in [-0.1, -0.05) is 121 Å². The molecule has 0 spiro atoms. The minimum atomic E-state index is 0.0354. The summed E-state index contributed by atoms with van der Waals surface area (Å²) in [7, 11) is 0. The van der Waals surface area contributed by atoms with Gasteiger partial charge in [-0.05, 0) is 82.7 Å². The Hall–Kier alpha value is -6.26. The van der Waals surface area contributed by atoms with Crippen molar-refractivity contribution < 1.29 is 0 Å². The van der Waals surface area contributed by atoms with Crippen LogP contribution in [0, 0.1) is 5.92 Å². The Kier molecular flexibility index (Phi) is 7.12. The number of rotatable bonds is 5. The maximum Gasteiger partial charge on any atom is 0.138 e. The van der Waals surface area contributed by atoms with E-state index in [1.165, 1.54) is 44.5 Å². The van der Waals surface area contributed by atoms with Crippen LogP contribution >= 0.6 is 0 Å². The second kappa shape index (κ2) is 12.3. The van der Waals surface area contributed by atoms with E-state index in [9.17, 15) is 0 Å². The molecule has 0 saturated carbocycles. The van der Waals surface area contributed by atoms with Crippen LogP contribution in [0.25, 0.3) is 44.5 Å². The summed E-state index contributed by atoms with van der Waals surface area (Å²) in [5, 5.41) is 6.30. The first kappa shape index (κ1) is 29.6. The van der Waals surface area contributed by atoms with Crippen LogP contribution < -0.4 is 5.32 Å². The molecule has 0 amide bonds. The van der Waals surface area contributed by atoms with Crippen LogP contribution in [0.2, 0.25) is 0 Å². The van der Waals surface area contributed by atoms with Crippen molar-refractivity contribution in [3.8, 4) is 17.1 Å². The molecule has 4 nitrogen and oxygen atoms in total. The highest BCUT2D eigenvalue weighted by Gasteiger charge is 2.37. The van der Waals surface area contributed by atoms with Crippen LogP contribution in [-0.4, -0.2) is 14.5 Å². The second-order valence-corrected chi connectivity index (χ2v) is 13.7. The highest BCUT2D eigenvalue weighted by atomic mass is 15.1. The zero-order valence-electron chi connectivity index (χ0n) is 28.2. The molecule has 0 bridgehead atoms. The number of nitrogens with zero attached hydrogens (tertiary/aromatic N) is 3. The summed E-state index contributed by atoms with van der Waals surface area (Å²) in [6.45, 7) is 0. The molecule has 6 aromatic rings. The van der Waals surface area contributed by atoms with Gasteiger partial charge in [-0.3, -0.25) is 9.55 Å². The van der Waals surface area contributed by atoms with Gasteiger partial charge in [0.2, 0.25) is 0 Å². The zero-order valence-corrected chi connectivity index (χ0v) is 28.2. The van der Waals surface area contributed by atoms with E-state index in [-0.39, 0.29) is 17.9 Å². The lowest BCUT2D eigenvalue weighted by Crippen LogP contribution is -2.32. The van der Waals surface area contributed by atoms with Crippen molar-refractivity contribution in [3.05, 3.63) is 204 Å². The van der Waals surface area contributed by atoms with Gasteiger partial charge in [0.05, 0.1) is 22.8 Å². The monoisotopic (exact) mass is 656 g/mol. The first-order valence-electron chi connectivity index (χ1n) is 17.9. The second-order valence-electron chi connectivity index (χ2n) is 13.7. The predicted molar refractivity (Wildman–Crippen MR) is 209 cm³/mol. The van der Waals surface area contributed by atoms with Gasteiger partial charge < -0.3 is 5.32 Å². The standard InChI is InChI=1S/C47H36N4/c1-2-13-31(14-3-1)46-35-18-4-6-20-37(35)47(38-21-7-5-19-36(38)46)42-24-11-22-40(49-42)32-15-10-16-33(29-32)41-23-12-26-45(50-41)51-43-25-9-8-17-34(43)39-30-48-28-27-44(39)51/h1-2,4-13,15-30,37,40,47,49H,3,14H2. The molecule has 4 heterocycles. The zero-order chi connectivity index (χ0) is 33.7. The van der Waals surface area contributed by atoms with Crippen LogP contribution in [0.5, 0.6) is 0 Å². The first-order valence-corrected chi connectivity index (χ1v) is 17.9. The summed E-state index contributed by atoms with van der Waals surface area (Å²) in [5.74, 6) is 1.34. The summed E-state index contributed by atoms with van der Waals surface area (Å²) >= 11 is 0. The maximum atomic E-state index is 5.24. The fourth-order valence-electron chi connectivity index (χ4n) is 8.57. The van der Waals surface area contributed by atoms with Crippen molar-refractivity contribution in [2.24, 2.45) is 5.92 Å². The molecule has 4 heteroatoms. The predicted octanol–water partition coefficient (Wildman–Crippen LogP) is 10.9. The van der Waals surface area contributed by atoms with Gasteiger partial charge in [0.25, 0.3) is 0 Å². The van der Waals surface area contributed by atoms with Crippen molar-refractivity contribution in [3.63, 3.8) is 0 Å². The van der Waals surface area contributed by atoms with Gasteiger partial charge in [0.15, 0.2) is 0 Å². The quantitative estimate of drug-likeness (QED) is 0.201. The maximum absolute atomic E-state index is 5.24. The Morgan fingerprint density at radius 2 is 1.65 bits per heavy atom. The molecule has 3 unspecified atom stereocenters. The van der Waals surface area contributed by atoms with Crippen LogP contribution in [0.15, 0.2) is 187 Å². The third kappa shape index (κ3) is 4.98. The number of fused-ring (bicyclic) bond motifs is 5. The van der Waals surface area contributed by atoms with E-state index in [1.807, 2.05) is 12.4 Å². The van der Waals surface area contributed by atoms with Crippen molar-refractivity contribution in [2.45, 2.75) is 24.8 Å². The lowest BCUT2D eigenvalue weighted by atomic mass is 9.66. The van der Waals surface area contributed by atoms with E-state index in [0.717, 1.165) is 46.3 Å². The Morgan fingerprint density at radius 3 is 2.61 bits per heavy atom. The number of pyridine rings is 2. The van der Waals surface area contributed by atoms with E-state index in [2.05, 4.69) is 173 Å². The van der Waals surface area contributed by atoms with Gasteiger partial charge in [-0.2, -0.15) is 0 Å². The van der Waals surface area contributed by atoms with Gasteiger partial charge in [-0.25, -0.2) is 4.98 Å². The molecule has 4 aliphatic rings. The number of hydrogen-bond acceptors (Lipinski definition) is 3. The molecule has 1 N–H and O–H groups in total. The van der Waals surface area contributed by atoms with Crippen LogP contribution in [0.3, 0.4) is 0 Å². The number of aromatic nitrogens is 3. The van der Waals surface area contributed by atoms with E-state index < -0.39 is 0 Å². The normalized spacial score (nSPS) is 20.6. The summed E-state index contributed by atoms with van der Waals surface area (Å²) in [4.78, 5) is 9.66. The van der Waals surface area contributed by atoms with Gasteiger partial charge >= 0.3 is 0 Å². The largest absolute Gasteiger partial charge is 0.377 e. The molecule has 3 aliphatic carbocycles. The van der Waals surface area contributed by atoms with Crippen molar-refractivity contribution >= 4 is 27.4 Å². The molecule has 51 heavy (non-hydrogen) atoms. The average Bonchev–Trinajstić information content (AvgIpc) is 3.55. The van der Waals surface area contributed by atoms with E-state index in [1.54, 1.807) is 0 Å². The molecular formula is C47H36N4. The van der Waals surface area contributed by atoms with E-state index >= 15 is 0 Å². The molecule has 0 saturated heterocycles. The molecule has 3 atom stereocenters. The van der Waals surface area contributed by atoms with E-state index in [4.69, 9.17) is 4.98 Å². The smallest absolute Gasteiger partial charge is 0.138 e. The molecule has 0 fully saturated rings. The summed E-state index contributed by atoms with van der Waals surface area (Å²) < 4.78 is 2.24. The first-order chi connectivity index (χ1) is 25.3. The lowest BCUT2D eigenvalue weighted by molar-refractivity contribution is 0.558. The minimum Gasteiger partial charge on any atom is -0.377 e. The number of benzene rings is 3. The number of para-hydroxylation sites is 1. The lowest BCUT2D eigenvalue weighted by Gasteiger charge is -2.40. The van der Waals surface area contributed by atoms with Crippen molar-refractivity contribution in [1.82, 2.24) is 19.9 Å². The molecule has 10 rings (SSSR count). The Morgan fingerprint density at radius 1 is 0.745 bits per heavy atom. The van der Waals surface area contributed by atoms with Crippen molar-refractivity contribution in [2.75, 3.05) is 0 Å².